The number of rotatable bonds is 7. The molecule has 1 aliphatic rings. The lowest BCUT2D eigenvalue weighted by Gasteiger charge is -2.39. The van der Waals surface area contributed by atoms with E-state index in [1.165, 1.54) is 0 Å². The molecule has 0 aromatic rings. The molecule has 2 N–H and O–H groups in total. The van der Waals surface area contributed by atoms with Gasteiger partial charge in [-0.2, -0.15) is 0 Å². The van der Waals surface area contributed by atoms with E-state index >= 15 is 0 Å². The van der Waals surface area contributed by atoms with Crippen molar-refractivity contribution in [2.24, 2.45) is 0 Å². The third-order valence-electron chi connectivity index (χ3n) is 3.48. The molecule has 1 fully saturated rings. The summed E-state index contributed by atoms with van der Waals surface area (Å²) < 4.78 is 10.8. The van der Waals surface area contributed by atoms with E-state index in [2.05, 4.69) is 5.32 Å². The molecule has 0 bridgehead atoms. The van der Waals surface area contributed by atoms with Crippen LogP contribution in [0.3, 0.4) is 0 Å². The van der Waals surface area contributed by atoms with Gasteiger partial charge in [-0.3, -0.25) is 0 Å². The molecule has 96 valence electrons. The van der Waals surface area contributed by atoms with Crippen LogP contribution in [-0.4, -0.2) is 50.7 Å². The Kier molecular flexibility index (Phi) is 6.28. The van der Waals surface area contributed by atoms with Crippen LogP contribution >= 0.6 is 0 Å². The van der Waals surface area contributed by atoms with E-state index in [0.29, 0.717) is 0 Å². The Morgan fingerprint density at radius 1 is 1.44 bits per heavy atom. The van der Waals surface area contributed by atoms with E-state index < -0.39 is 0 Å². The van der Waals surface area contributed by atoms with Gasteiger partial charge < -0.3 is 19.9 Å². The number of hydrogen-bond donors (Lipinski definition) is 2. The van der Waals surface area contributed by atoms with Gasteiger partial charge in [-0.1, -0.05) is 0 Å². The second-order valence-electron chi connectivity index (χ2n) is 4.62. The monoisotopic (exact) mass is 231 g/mol. The summed E-state index contributed by atoms with van der Waals surface area (Å²) in [4.78, 5) is 0. The van der Waals surface area contributed by atoms with Gasteiger partial charge in [0, 0.05) is 25.9 Å². The summed E-state index contributed by atoms with van der Waals surface area (Å²) in [7, 11) is 3.63. The van der Waals surface area contributed by atoms with Crippen molar-refractivity contribution < 1.29 is 14.6 Å². The number of methoxy groups -OCH3 is 1. The molecule has 4 heteroatoms. The summed E-state index contributed by atoms with van der Waals surface area (Å²) in [6, 6.07) is 0. The largest absolute Gasteiger partial charge is 0.394 e. The van der Waals surface area contributed by atoms with Crippen molar-refractivity contribution in [2.75, 3.05) is 34.0 Å². The average molecular weight is 231 g/mol. The van der Waals surface area contributed by atoms with E-state index in [9.17, 15) is 5.11 Å². The molecule has 0 amide bonds. The fraction of sp³-hybridized carbons (Fsp3) is 1.00. The van der Waals surface area contributed by atoms with Crippen molar-refractivity contribution in [3.8, 4) is 0 Å². The van der Waals surface area contributed by atoms with Gasteiger partial charge in [0.25, 0.3) is 0 Å². The molecule has 0 heterocycles. The fourth-order valence-corrected chi connectivity index (χ4v) is 2.35. The van der Waals surface area contributed by atoms with Crippen LogP contribution in [0.2, 0.25) is 0 Å². The number of hydrogen-bond acceptors (Lipinski definition) is 4. The van der Waals surface area contributed by atoms with Crippen molar-refractivity contribution in [3.63, 3.8) is 0 Å². The minimum atomic E-state index is -0.121. The van der Waals surface area contributed by atoms with Crippen LogP contribution < -0.4 is 5.32 Å². The second-order valence-corrected chi connectivity index (χ2v) is 4.62. The van der Waals surface area contributed by atoms with Gasteiger partial charge >= 0.3 is 0 Å². The Morgan fingerprint density at radius 3 is 2.88 bits per heavy atom. The maximum Gasteiger partial charge on any atom is 0.0614 e. The molecule has 1 aliphatic carbocycles. The molecule has 2 atom stereocenters. The molecule has 1 saturated carbocycles. The zero-order valence-electron chi connectivity index (χ0n) is 10.5. The number of ether oxygens (including phenoxy) is 2. The summed E-state index contributed by atoms with van der Waals surface area (Å²) >= 11 is 0. The molecule has 0 aromatic carbocycles. The third-order valence-corrected chi connectivity index (χ3v) is 3.48. The van der Waals surface area contributed by atoms with Crippen LogP contribution in [0, 0.1) is 0 Å². The maximum absolute atomic E-state index is 9.43. The van der Waals surface area contributed by atoms with Crippen LogP contribution in [0.5, 0.6) is 0 Å². The number of aliphatic hydroxyl groups excluding tert-OH is 1. The fourth-order valence-electron chi connectivity index (χ4n) is 2.35. The molecule has 0 saturated heterocycles. The van der Waals surface area contributed by atoms with Crippen LogP contribution in [0.1, 0.15) is 32.1 Å². The number of nitrogens with one attached hydrogen (secondary N) is 1. The van der Waals surface area contributed by atoms with Crippen LogP contribution in [-0.2, 0) is 9.47 Å². The van der Waals surface area contributed by atoms with Crippen LogP contribution in [0.15, 0.2) is 0 Å². The van der Waals surface area contributed by atoms with Gasteiger partial charge in [0.2, 0.25) is 0 Å². The molecular weight excluding hydrogens is 206 g/mol. The lowest BCUT2D eigenvalue weighted by molar-refractivity contribution is -0.0191. The highest BCUT2D eigenvalue weighted by atomic mass is 16.5. The summed E-state index contributed by atoms with van der Waals surface area (Å²) in [5.41, 5.74) is -0.121. The minimum absolute atomic E-state index is 0.121. The predicted molar refractivity (Wildman–Crippen MR) is 63.6 cm³/mol. The first-order valence-corrected chi connectivity index (χ1v) is 6.16. The second kappa shape index (κ2) is 7.22. The van der Waals surface area contributed by atoms with Gasteiger partial charge in [0.05, 0.1) is 12.7 Å². The summed E-state index contributed by atoms with van der Waals surface area (Å²) in [5.74, 6) is 0. The Hall–Kier alpha value is -0.160. The molecule has 1 rings (SSSR count). The van der Waals surface area contributed by atoms with E-state index in [-0.39, 0.29) is 18.2 Å². The minimum Gasteiger partial charge on any atom is -0.394 e. The molecule has 2 unspecified atom stereocenters. The quantitative estimate of drug-likeness (QED) is 0.640. The zero-order chi connectivity index (χ0) is 11.9. The Bertz CT molecular complexity index is 183. The molecule has 0 spiro atoms. The van der Waals surface area contributed by atoms with Gasteiger partial charge in [0.1, 0.15) is 0 Å². The lowest BCUT2D eigenvalue weighted by atomic mass is 9.81. The van der Waals surface area contributed by atoms with Crippen LogP contribution in [0.4, 0.5) is 0 Å². The SMILES string of the molecule is CNC1(CO)CCCC(OCCCOC)C1. The smallest absolute Gasteiger partial charge is 0.0614 e. The standard InChI is InChI=1S/C12H25NO3/c1-13-12(10-14)6-3-5-11(9-12)16-8-4-7-15-2/h11,13-14H,3-10H2,1-2H3. The molecule has 16 heavy (non-hydrogen) atoms. The first kappa shape index (κ1) is 13.9. The Labute approximate surface area is 98.3 Å². The Balaban J connectivity index is 2.27. The highest BCUT2D eigenvalue weighted by molar-refractivity contribution is 4.92. The molecule has 0 radical (unpaired) electrons. The van der Waals surface area contributed by atoms with Crippen molar-refractivity contribution in [3.05, 3.63) is 0 Å². The van der Waals surface area contributed by atoms with Gasteiger partial charge in [-0.15, -0.1) is 0 Å². The molecular formula is C12H25NO3. The van der Waals surface area contributed by atoms with Gasteiger partial charge in [-0.05, 0) is 39.2 Å². The summed E-state index contributed by atoms with van der Waals surface area (Å²) in [5, 5.41) is 12.7. The summed E-state index contributed by atoms with van der Waals surface area (Å²) in [6.07, 6.45) is 5.40. The summed E-state index contributed by atoms with van der Waals surface area (Å²) in [6.45, 7) is 1.70. The number of likely N-dealkylation sites (N-methyl/N-ethyl adjacent to an activating group) is 1. The van der Waals surface area contributed by atoms with E-state index in [4.69, 9.17) is 9.47 Å². The predicted octanol–water partition coefficient (Wildman–Crippen LogP) is 0.933. The first-order valence-electron chi connectivity index (χ1n) is 6.16. The normalized spacial score (nSPS) is 30.6. The first-order chi connectivity index (χ1) is 7.76. The third kappa shape index (κ3) is 4.01. The van der Waals surface area contributed by atoms with Crippen molar-refractivity contribution in [1.82, 2.24) is 5.32 Å². The van der Waals surface area contributed by atoms with Gasteiger partial charge in [-0.25, -0.2) is 0 Å². The number of aliphatic hydroxyl groups is 1. The molecule has 0 aliphatic heterocycles. The molecule has 0 aromatic heterocycles. The average Bonchev–Trinajstić information content (AvgIpc) is 2.35. The lowest BCUT2D eigenvalue weighted by Crippen LogP contribution is -2.51. The van der Waals surface area contributed by atoms with Gasteiger partial charge in [0.15, 0.2) is 0 Å². The van der Waals surface area contributed by atoms with Crippen molar-refractivity contribution >= 4 is 0 Å². The van der Waals surface area contributed by atoms with E-state index in [1.807, 2.05) is 7.05 Å². The van der Waals surface area contributed by atoms with Crippen molar-refractivity contribution in [2.45, 2.75) is 43.7 Å². The van der Waals surface area contributed by atoms with E-state index in [0.717, 1.165) is 45.3 Å². The molecule has 4 nitrogen and oxygen atoms in total. The highest BCUT2D eigenvalue weighted by Crippen LogP contribution is 2.29. The zero-order valence-corrected chi connectivity index (χ0v) is 10.5. The Morgan fingerprint density at radius 2 is 2.25 bits per heavy atom. The van der Waals surface area contributed by atoms with Crippen LogP contribution in [0.25, 0.3) is 0 Å². The van der Waals surface area contributed by atoms with Crippen molar-refractivity contribution in [1.29, 1.82) is 0 Å². The topological polar surface area (TPSA) is 50.7 Å². The highest BCUT2D eigenvalue weighted by Gasteiger charge is 2.34. The maximum atomic E-state index is 9.43. The van der Waals surface area contributed by atoms with E-state index in [1.54, 1.807) is 7.11 Å².